The van der Waals surface area contributed by atoms with Gasteiger partial charge in [-0.15, -0.1) is 0 Å². The lowest BCUT2D eigenvalue weighted by Gasteiger charge is -2.23. The van der Waals surface area contributed by atoms with Crippen LogP contribution in [0.5, 0.6) is 0 Å². The van der Waals surface area contributed by atoms with E-state index in [4.69, 9.17) is 10.5 Å². The van der Waals surface area contributed by atoms with Crippen molar-refractivity contribution in [3.63, 3.8) is 0 Å². The lowest BCUT2D eigenvalue weighted by Crippen LogP contribution is -2.26. The minimum Gasteiger partial charge on any atom is -0.378 e. The summed E-state index contributed by atoms with van der Waals surface area (Å²) in [5.74, 6) is 0. The first kappa shape index (κ1) is 12.6. The molecule has 0 aliphatic heterocycles. The lowest BCUT2D eigenvalue weighted by molar-refractivity contribution is 0.0232. The average molecular weight is 233 g/mol. The van der Waals surface area contributed by atoms with E-state index >= 15 is 0 Å². The van der Waals surface area contributed by atoms with Gasteiger partial charge in [-0.1, -0.05) is 24.3 Å². The zero-order chi connectivity index (χ0) is 12.5. The maximum atomic E-state index is 5.88. The number of nitrogens with two attached hydrogens (primary N) is 1. The summed E-state index contributed by atoms with van der Waals surface area (Å²) in [6.45, 7) is 5.01. The lowest BCUT2D eigenvalue weighted by atomic mass is 9.91. The van der Waals surface area contributed by atoms with E-state index in [0.717, 1.165) is 13.0 Å². The number of benzene rings is 1. The van der Waals surface area contributed by atoms with Gasteiger partial charge in [-0.25, -0.2) is 0 Å². The van der Waals surface area contributed by atoms with Crippen LogP contribution in [0.2, 0.25) is 0 Å². The van der Waals surface area contributed by atoms with Crippen LogP contribution in [0.25, 0.3) is 0 Å². The highest BCUT2D eigenvalue weighted by Gasteiger charge is 2.42. The number of ether oxygens (including phenoxy) is 1. The van der Waals surface area contributed by atoms with Crippen LogP contribution in [-0.4, -0.2) is 19.3 Å². The summed E-state index contributed by atoms with van der Waals surface area (Å²) in [6, 6.07) is 8.84. The van der Waals surface area contributed by atoms with Crippen LogP contribution in [0.4, 0.5) is 0 Å². The zero-order valence-corrected chi connectivity index (χ0v) is 11.1. The second-order valence-corrected chi connectivity index (χ2v) is 5.83. The highest BCUT2D eigenvalue weighted by molar-refractivity contribution is 5.35. The molecule has 0 amide bonds. The van der Waals surface area contributed by atoms with Crippen molar-refractivity contribution >= 4 is 0 Å². The average Bonchev–Trinajstić information content (AvgIpc) is 3.10. The van der Waals surface area contributed by atoms with Crippen LogP contribution in [0.3, 0.4) is 0 Å². The molecule has 1 fully saturated rings. The fraction of sp³-hybridized carbons (Fsp3) is 0.600. The van der Waals surface area contributed by atoms with Crippen molar-refractivity contribution in [1.29, 1.82) is 0 Å². The SMILES string of the molecule is COC(C)(C)Cc1cccc(C2(CN)CC2)c1. The van der Waals surface area contributed by atoms with E-state index in [9.17, 15) is 0 Å². The van der Waals surface area contributed by atoms with Gasteiger partial charge in [0.25, 0.3) is 0 Å². The van der Waals surface area contributed by atoms with E-state index in [1.54, 1.807) is 7.11 Å². The van der Waals surface area contributed by atoms with Gasteiger partial charge in [0.2, 0.25) is 0 Å². The minimum absolute atomic E-state index is 0.0992. The smallest absolute Gasteiger partial charge is 0.0662 e. The minimum atomic E-state index is -0.0992. The maximum Gasteiger partial charge on any atom is 0.0662 e. The van der Waals surface area contributed by atoms with E-state index < -0.39 is 0 Å². The van der Waals surface area contributed by atoms with E-state index in [1.807, 2.05) is 0 Å². The fourth-order valence-electron chi connectivity index (χ4n) is 2.34. The molecule has 0 spiro atoms. The molecule has 2 heteroatoms. The predicted molar refractivity (Wildman–Crippen MR) is 71.2 cm³/mol. The standard InChI is InChI=1S/C15H23NO/c1-14(2,17-3)10-12-5-4-6-13(9-12)15(11-16)7-8-15/h4-6,9H,7-8,10-11,16H2,1-3H3. The Morgan fingerprint density at radius 2 is 2.06 bits per heavy atom. The highest BCUT2D eigenvalue weighted by Crippen LogP contribution is 2.47. The Bertz CT molecular complexity index is 394. The molecule has 1 aliphatic carbocycles. The van der Waals surface area contributed by atoms with Crippen LogP contribution < -0.4 is 5.73 Å². The fourth-order valence-corrected chi connectivity index (χ4v) is 2.34. The summed E-state index contributed by atoms with van der Waals surface area (Å²) in [6.07, 6.45) is 3.42. The van der Waals surface area contributed by atoms with E-state index in [2.05, 4.69) is 38.1 Å². The van der Waals surface area contributed by atoms with E-state index in [1.165, 1.54) is 24.0 Å². The Balaban J connectivity index is 2.18. The van der Waals surface area contributed by atoms with Gasteiger partial charge in [0.1, 0.15) is 0 Å². The summed E-state index contributed by atoms with van der Waals surface area (Å²) < 4.78 is 5.48. The van der Waals surface area contributed by atoms with Crippen LogP contribution in [0.1, 0.15) is 37.8 Å². The largest absolute Gasteiger partial charge is 0.378 e. The molecule has 0 aromatic heterocycles. The number of rotatable bonds is 5. The van der Waals surface area contributed by atoms with Crippen molar-refractivity contribution in [2.24, 2.45) is 5.73 Å². The topological polar surface area (TPSA) is 35.2 Å². The quantitative estimate of drug-likeness (QED) is 0.848. The molecular formula is C15H23NO. The van der Waals surface area contributed by atoms with Crippen LogP contribution in [0, 0.1) is 0 Å². The zero-order valence-electron chi connectivity index (χ0n) is 11.1. The van der Waals surface area contributed by atoms with Crippen LogP contribution in [0.15, 0.2) is 24.3 Å². The Labute approximate surface area is 104 Å². The highest BCUT2D eigenvalue weighted by atomic mass is 16.5. The predicted octanol–water partition coefficient (Wildman–Crippen LogP) is 2.64. The van der Waals surface area contributed by atoms with Gasteiger partial charge in [-0.3, -0.25) is 0 Å². The first-order valence-corrected chi connectivity index (χ1v) is 6.36. The molecule has 94 valence electrons. The summed E-state index contributed by atoms with van der Waals surface area (Å²) in [5.41, 5.74) is 8.81. The number of hydrogen-bond acceptors (Lipinski definition) is 2. The third kappa shape index (κ3) is 2.70. The molecule has 2 N–H and O–H groups in total. The van der Waals surface area contributed by atoms with E-state index in [-0.39, 0.29) is 11.0 Å². The molecule has 1 aliphatic rings. The second kappa shape index (κ2) is 4.43. The van der Waals surface area contributed by atoms with E-state index in [0.29, 0.717) is 0 Å². The number of hydrogen-bond donors (Lipinski definition) is 1. The van der Waals surface area contributed by atoms with Gasteiger partial charge in [-0.2, -0.15) is 0 Å². The van der Waals surface area contributed by atoms with Crippen molar-refractivity contribution in [1.82, 2.24) is 0 Å². The Hall–Kier alpha value is -0.860. The van der Waals surface area contributed by atoms with Gasteiger partial charge in [0, 0.05) is 25.5 Å². The summed E-state index contributed by atoms with van der Waals surface area (Å²) in [7, 11) is 1.77. The maximum absolute atomic E-state index is 5.88. The Kier molecular flexibility index (Phi) is 3.28. The van der Waals surface area contributed by atoms with Gasteiger partial charge < -0.3 is 10.5 Å². The van der Waals surface area contributed by atoms with Crippen molar-refractivity contribution in [3.05, 3.63) is 35.4 Å². The molecule has 2 rings (SSSR count). The Morgan fingerprint density at radius 1 is 1.35 bits per heavy atom. The second-order valence-electron chi connectivity index (χ2n) is 5.83. The summed E-state index contributed by atoms with van der Waals surface area (Å²) in [5, 5.41) is 0. The monoisotopic (exact) mass is 233 g/mol. The first-order chi connectivity index (χ1) is 8.01. The molecule has 0 heterocycles. The summed E-state index contributed by atoms with van der Waals surface area (Å²) >= 11 is 0. The van der Waals surface area contributed by atoms with Crippen LogP contribution in [-0.2, 0) is 16.6 Å². The van der Waals surface area contributed by atoms with Crippen molar-refractivity contribution < 1.29 is 4.74 Å². The third-order valence-electron chi connectivity index (χ3n) is 3.97. The molecule has 17 heavy (non-hydrogen) atoms. The number of methoxy groups -OCH3 is 1. The van der Waals surface area contributed by atoms with Crippen molar-refractivity contribution in [2.75, 3.05) is 13.7 Å². The molecule has 1 aromatic carbocycles. The van der Waals surface area contributed by atoms with Crippen LogP contribution >= 0.6 is 0 Å². The molecule has 0 radical (unpaired) electrons. The molecule has 1 aromatic rings. The van der Waals surface area contributed by atoms with Crippen molar-refractivity contribution in [2.45, 2.75) is 44.1 Å². The molecular weight excluding hydrogens is 210 g/mol. The van der Waals surface area contributed by atoms with Crippen molar-refractivity contribution in [3.8, 4) is 0 Å². The van der Waals surface area contributed by atoms with Gasteiger partial charge in [0.05, 0.1) is 5.60 Å². The Morgan fingerprint density at radius 3 is 2.59 bits per heavy atom. The normalized spacial score (nSPS) is 18.1. The van der Waals surface area contributed by atoms with Gasteiger partial charge in [-0.05, 0) is 37.8 Å². The third-order valence-corrected chi connectivity index (χ3v) is 3.97. The first-order valence-electron chi connectivity index (χ1n) is 6.36. The molecule has 0 bridgehead atoms. The molecule has 0 unspecified atom stereocenters. The van der Waals surface area contributed by atoms with Gasteiger partial charge >= 0.3 is 0 Å². The summed E-state index contributed by atoms with van der Waals surface area (Å²) in [4.78, 5) is 0. The molecule has 0 atom stereocenters. The molecule has 2 nitrogen and oxygen atoms in total. The molecule has 1 saturated carbocycles. The molecule has 0 saturated heterocycles. The van der Waals surface area contributed by atoms with Gasteiger partial charge in [0.15, 0.2) is 0 Å².